The summed E-state index contributed by atoms with van der Waals surface area (Å²) in [5.41, 5.74) is 1.68. The van der Waals surface area contributed by atoms with E-state index < -0.39 is 21.4 Å². The summed E-state index contributed by atoms with van der Waals surface area (Å²) in [4.78, 5) is 12.9. The zero-order chi connectivity index (χ0) is 23.3. The fourth-order valence-electron chi connectivity index (χ4n) is 3.76. The monoisotopic (exact) mass is 451 g/mol. The summed E-state index contributed by atoms with van der Waals surface area (Å²) < 4.78 is 40.2. The fourth-order valence-corrected chi connectivity index (χ4v) is 4.83. The number of sulfonamides is 1. The SMILES string of the molecule is COC(=O)c1c(C(C)(C)C)oc2c1cc(NS(=O)(=O)c1ccc(C)cc1)c1ccccc12. The number of aryl methyl sites for hydroxylation is 1. The van der Waals surface area contributed by atoms with Crippen molar-refractivity contribution in [3.05, 3.63) is 71.5 Å². The Morgan fingerprint density at radius 1 is 0.969 bits per heavy atom. The first-order valence-corrected chi connectivity index (χ1v) is 11.7. The van der Waals surface area contributed by atoms with Crippen LogP contribution >= 0.6 is 0 Å². The Kier molecular flexibility index (Phi) is 5.25. The van der Waals surface area contributed by atoms with Crippen molar-refractivity contribution < 1.29 is 22.4 Å². The topological polar surface area (TPSA) is 85.6 Å². The van der Waals surface area contributed by atoms with Crippen LogP contribution in [0.25, 0.3) is 21.7 Å². The Morgan fingerprint density at radius 3 is 2.19 bits per heavy atom. The number of methoxy groups -OCH3 is 1. The molecule has 0 spiro atoms. The molecule has 0 aliphatic heterocycles. The van der Waals surface area contributed by atoms with Crippen LogP contribution in [0.4, 0.5) is 5.69 Å². The number of hydrogen-bond acceptors (Lipinski definition) is 5. The molecule has 0 radical (unpaired) electrons. The molecular formula is C25H25NO5S. The number of esters is 1. The molecule has 7 heteroatoms. The minimum atomic E-state index is -3.85. The van der Waals surface area contributed by atoms with Crippen LogP contribution < -0.4 is 4.72 Å². The number of furan rings is 1. The third-order valence-corrected chi connectivity index (χ3v) is 6.72. The van der Waals surface area contributed by atoms with Crippen molar-refractivity contribution in [3.8, 4) is 0 Å². The number of nitrogens with one attached hydrogen (secondary N) is 1. The lowest BCUT2D eigenvalue weighted by atomic mass is 9.89. The summed E-state index contributed by atoms with van der Waals surface area (Å²) in [5.74, 6) is -0.0423. The van der Waals surface area contributed by atoms with E-state index in [9.17, 15) is 13.2 Å². The summed E-state index contributed by atoms with van der Waals surface area (Å²) in [6.45, 7) is 7.73. The summed E-state index contributed by atoms with van der Waals surface area (Å²) in [6.07, 6.45) is 0. The lowest BCUT2D eigenvalue weighted by molar-refractivity contribution is 0.0598. The van der Waals surface area contributed by atoms with Crippen LogP contribution in [0, 0.1) is 6.92 Å². The highest BCUT2D eigenvalue weighted by Crippen LogP contribution is 2.41. The van der Waals surface area contributed by atoms with Gasteiger partial charge in [0.2, 0.25) is 0 Å². The molecule has 4 aromatic rings. The van der Waals surface area contributed by atoms with Gasteiger partial charge in [-0.15, -0.1) is 0 Å². The van der Waals surface area contributed by atoms with Crippen LogP contribution in [0.1, 0.15) is 42.5 Å². The Bertz CT molecular complexity index is 1440. The van der Waals surface area contributed by atoms with Crippen molar-refractivity contribution in [2.75, 3.05) is 11.8 Å². The van der Waals surface area contributed by atoms with Gasteiger partial charge in [-0.2, -0.15) is 0 Å². The maximum atomic E-state index is 13.1. The number of carbonyl (C=O) groups is 1. The standard InChI is InChI=1S/C25H25NO5S/c1-15-10-12-16(13-11-15)32(28,29)26-20-14-19-21(24(27)30-5)23(25(2,3)4)31-22(19)18-9-7-6-8-17(18)20/h6-14,26H,1-5H3. The van der Waals surface area contributed by atoms with E-state index in [2.05, 4.69) is 4.72 Å². The molecule has 1 N–H and O–H groups in total. The van der Waals surface area contributed by atoms with Crippen molar-refractivity contribution in [1.29, 1.82) is 0 Å². The third-order valence-electron chi connectivity index (χ3n) is 5.34. The molecule has 0 aliphatic rings. The minimum Gasteiger partial charge on any atom is -0.465 e. The van der Waals surface area contributed by atoms with E-state index in [1.54, 1.807) is 30.3 Å². The molecule has 4 rings (SSSR count). The highest BCUT2D eigenvalue weighted by molar-refractivity contribution is 7.92. The van der Waals surface area contributed by atoms with Crippen molar-refractivity contribution in [2.24, 2.45) is 0 Å². The second-order valence-electron chi connectivity index (χ2n) is 8.81. The second kappa shape index (κ2) is 7.67. The number of ether oxygens (including phenoxy) is 1. The van der Waals surface area contributed by atoms with Gasteiger partial charge in [-0.25, -0.2) is 13.2 Å². The predicted octanol–water partition coefficient (Wildman–Crippen LogP) is 5.78. The van der Waals surface area contributed by atoms with Gasteiger partial charge in [0, 0.05) is 21.6 Å². The third kappa shape index (κ3) is 3.73. The fraction of sp³-hybridized carbons (Fsp3) is 0.240. The van der Waals surface area contributed by atoms with E-state index in [0.717, 1.165) is 5.56 Å². The molecule has 3 aromatic carbocycles. The van der Waals surface area contributed by atoms with Crippen LogP contribution in [-0.2, 0) is 20.2 Å². The van der Waals surface area contributed by atoms with Crippen molar-refractivity contribution in [3.63, 3.8) is 0 Å². The lowest BCUT2D eigenvalue weighted by Crippen LogP contribution is -2.16. The molecule has 0 saturated carbocycles. The first kappa shape index (κ1) is 21.9. The lowest BCUT2D eigenvalue weighted by Gasteiger charge is -2.16. The van der Waals surface area contributed by atoms with Gasteiger partial charge in [0.15, 0.2) is 0 Å². The smallest absolute Gasteiger partial charge is 0.342 e. The molecule has 0 aliphatic carbocycles. The van der Waals surface area contributed by atoms with E-state index >= 15 is 0 Å². The van der Waals surface area contributed by atoms with E-state index in [0.29, 0.717) is 38.8 Å². The van der Waals surface area contributed by atoms with Gasteiger partial charge in [-0.1, -0.05) is 62.7 Å². The maximum Gasteiger partial charge on any atom is 0.342 e. The summed E-state index contributed by atoms with van der Waals surface area (Å²) in [6, 6.07) is 15.6. The van der Waals surface area contributed by atoms with E-state index in [-0.39, 0.29) is 4.90 Å². The number of benzene rings is 3. The average molecular weight is 452 g/mol. The van der Waals surface area contributed by atoms with Crippen molar-refractivity contribution in [1.82, 2.24) is 0 Å². The van der Waals surface area contributed by atoms with Gasteiger partial charge in [0.25, 0.3) is 10.0 Å². The Balaban J connectivity index is 2.01. The molecule has 0 amide bonds. The summed E-state index contributed by atoms with van der Waals surface area (Å²) >= 11 is 0. The predicted molar refractivity (Wildman–Crippen MR) is 126 cm³/mol. The summed E-state index contributed by atoms with van der Waals surface area (Å²) in [7, 11) is -2.53. The quantitative estimate of drug-likeness (QED) is 0.398. The first-order valence-electron chi connectivity index (χ1n) is 10.2. The summed E-state index contributed by atoms with van der Waals surface area (Å²) in [5, 5.41) is 1.87. The minimum absolute atomic E-state index is 0.156. The normalized spacial score (nSPS) is 12.3. The largest absolute Gasteiger partial charge is 0.465 e. The Hall–Kier alpha value is -3.32. The Labute approximate surface area is 187 Å². The molecule has 6 nitrogen and oxygen atoms in total. The first-order chi connectivity index (χ1) is 15.0. The van der Waals surface area contributed by atoms with Gasteiger partial charge >= 0.3 is 5.97 Å². The van der Waals surface area contributed by atoms with Gasteiger partial charge < -0.3 is 9.15 Å². The Morgan fingerprint density at radius 2 is 1.59 bits per heavy atom. The van der Waals surface area contributed by atoms with Crippen molar-refractivity contribution >= 4 is 43.4 Å². The van der Waals surface area contributed by atoms with Gasteiger partial charge in [-0.05, 0) is 25.1 Å². The number of hydrogen-bond donors (Lipinski definition) is 1. The highest BCUT2D eigenvalue weighted by Gasteiger charge is 2.31. The molecule has 1 aromatic heterocycles. The zero-order valence-electron chi connectivity index (χ0n) is 18.6. The molecule has 0 fully saturated rings. The van der Waals surface area contributed by atoms with Gasteiger partial charge in [-0.3, -0.25) is 4.72 Å². The van der Waals surface area contributed by atoms with E-state index in [4.69, 9.17) is 9.15 Å². The van der Waals surface area contributed by atoms with Crippen LogP contribution in [0.15, 0.2) is 63.9 Å². The zero-order valence-corrected chi connectivity index (χ0v) is 19.5. The molecule has 0 atom stereocenters. The molecule has 32 heavy (non-hydrogen) atoms. The van der Waals surface area contributed by atoms with Gasteiger partial charge in [0.05, 0.1) is 17.7 Å². The molecule has 0 bridgehead atoms. The number of rotatable bonds is 4. The highest BCUT2D eigenvalue weighted by atomic mass is 32.2. The van der Waals surface area contributed by atoms with Crippen LogP contribution in [-0.4, -0.2) is 21.5 Å². The van der Waals surface area contributed by atoms with Crippen LogP contribution in [0.3, 0.4) is 0 Å². The number of fused-ring (bicyclic) bond motifs is 3. The molecule has 166 valence electrons. The van der Waals surface area contributed by atoms with Crippen molar-refractivity contribution in [2.45, 2.75) is 38.0 Å². The van der Waals surface area contributed by atoms with Gasteiger partial charge in [0.1, 0.15) is 16.9 Å². The molecule has 0 unspecified atom stereocenters. The maximum absolute atomic E-state index is 13.1. The van der Waals surface area contributed by atoms with Crippen LogP contribution in [0.5, 0.6) is 0 Å². The molecule has 1 heterocycles. The number of anilines is 1. The second-order valence-corrected chi connectivity index (χ2v) is 10.5. The van der Waals surface area contributed by atoms with E-state index in [1.165, 1.54) is 7.11 Å². The molecular weight excluding hydrogens is 426 g/mol. The number of carbonyl (C=O) groups excluding carboxylic acids is 1. The molecule has 0 saturated heterocycles. The van der Waals surface area contributed by atoms with Crippen LogP contribution in [0.2, 0.25) is 0 Å². The van der Waals surface area contributed by atoms with E-state index in [1.807, 2.05) is 52.0 Å². The average Bonchev–Trinajstić information content (AvgIpc) is 3.13.